The Hall–Kier alpha value is -2.21. The van der Waals surface area contributed by atoms with Gasteiger partial charge in [0.15, 0.2) is 0 Å². The molecule has 2 rings (SSSR count). The molecule has 0 unspecified atom stereocenters. The third-order valence-corrected chi connectivity index (χ3v) is 5.83. The van der Waals surface area contributed by atoms with Gasteiger partial charge in [-0.05, 0) is 30.2 Å². The Balaban J connectivity index is 2.05. The molecule has 1 aromatic heterocycles. The second kappa shape index (κ2) is 6.70. The number of nitrogens with one attached hydrogen (secondary N) is 1. The van der Waals surface area contributed by atoms with E-state index in [0.717, 1.165) is 11.3 Å². The number of aromatic carboxylic acids is 1. The molecular weight excluding hydrogens is 324 g/mol. The van der Waals surface area contributed by atoms with Crippen LogP contribution >= 0.6 is 11.3 Å². The first kappa shape index (κ1) is 16.2. The first-order valence-corrected chi connectivity index (χ1v) is 8.55. The maximum Gasteiger partial charge on any atom is 0.335 e. The zero-order chi connectivity index (χ0) is 16.2. The van der Waals surface area contributed by atoms with Crippen molar-refractivity contribution in [3.8, 4) is 6.07 Å². The van der Waals surface area contributed by atoms with Crippen LogP contribution in [0.2, 0.25) is 0 Å². The fraction of sp³-hybridized carbons (Fsp3) is 0.143. The fourth-order valence-corrected chi connectivity index (χ4v) is 4.04. The van der Waals surface area contributed by atoms with E-state index in [0.29, 0.717) is 10.4 Å². The van der Waals surface area contributed by atoms with Gasteiger partial charge in [-0.25, -0.2) is 17.9 Å². The number of sulfonamides is 1. The highest BCUT2D eigenvalue weighted by Crippen LogP contribution is 2.20. The quantitative estimate of drug-likeness (QED) is 0.837. The maximum absolute atomic E-state index is 12.0. The summed E-state index contributed by atoms with van der Waals surface area (Å²) in [7, 11) is -3.68. The molecule has 0 aliphatic carbocycles. The number of carboxylic acids is 1. The smallest absolute Gasteiger partial charge is 0.335 e. The van der Waals surface area contributed by atoms with E-state index in [2.05, 4.69) is 4.72 Å². The molecule has 2 N–H and O–H groups in total. The van der Waals surface area contributed by atoms with Crippen LogP contribution in [0.3, 0.4) is 0 Å². The number of hydrogen-bond acceptors (Lipinski definition) is 5. The average molecular weight is 336 g/mol. The van der Waals surface area contributed by atoms with Gasteiger partial charge in [-0.1, -0.05) is 18.2 Å². The Morgan fingerprint density at radius 1 is 1.27 bits per heavy atom. The van der Waals surface area contributed by atoms with Gasteiger partial charge in [-0.2, -0.15) is 5.26 Å². The van der Waals surface area contributed by atoms with E-state index in [-0.39, 0.29) is 22.7 Å². The molecule has 1 aromatic carbocycles. The Kier molecular flexibility index (Phi) is 4.92. The molecular formula is C14H12N2O4S2. The van der Waals surface area contributed by atoms with Gasteiger partial charge < -0.3 is 5.11 Å². The molecule has 0 saturated carbocycles. The molecule has 0 bridgehead atoms. The van der Waals surface area contributed by atoms with Crippen LogP contribution in [0.4, 0.5) is 0 Å². The molecule has 0 radical (unpaired) electrons. The summed E-state index contributed by atoms with van der Waals surface area (Å²) in [6.07, 6.45) is 0.262. The minimum absolute atomic E-state index is 0.0653. The molecule has 1 heterocycles. The molecule has 22 heavy (non-hydrogen) atoms. The highest BCUT2D eigenvalue weighted by atomic mass is 32.2. The summed E-state index contributed by atoms with van der Waals surface area (Å²) in [6.45, 7) is 0.0758. The van der Waals surface area contributed by atoms with Crippen LogP contribution in [0, 0.1) is 11.3 Å². The monoisotopic (exact) mass is 336 g/mol. The van der Waals surface area contributed by atoms with Gasteiger partial charge in [0, 0.05) is 6.54 Å². The summed E-state index contributed by atoms with van der Waals surface area (Å²) < 4.78 is 26.6. The number of benzene rings is 1. The maximum atomic E-state index is 12.0. The van der Waals surface area contributed by atoms with Crippen molar-refractivity contribution in [3.05, 3.63) is 52.4 Å². The number of hydrogen-bond donors (Lipinski definition) is 2. The molecule has 6 nitrogen and oxygen atoms in total. The van der Waals surface area contributed by atoms with E-state index in [4.69, 9.17) is 10.4 Å². The number of carboxylic acid groups (broad SMARTS) is 1. The third kappa shape index (κ3) is 3.71. The molecule has 0 aliphatic rings. The van der Waals surface area contributed by atoms with Crippen LogP contribution in [0.25, 0.3) is 0 Å². The lowest BCUT2D eigenvalue weighted by Crippen LogP contribution is -2.25. The van der Waals surface area contributed by atoms with E-state index < -0.39 is 16.0 Å². The molecule has 2 aromatic rings. The van der Waals surface area contributed by atoms with Gasteiger partial charge in [0.2, 0.25) is 10.0 Å². The highest BCUT2D eigenvalue weighted by Gasteiger charge is 2.17. The van der Waals surface area contributed by atoms with Crippen LogP contribution in [0.15, 0.2) is 40.6 Å². The predicted octanol–water partition coefficient (Wildman–Crippen LogP) is 1.84. The lowest BCUT2D eigenvalue weighted by molar-refractivity contribution is 0.0695. The number of rotatable bonds is 6. The minimum atomic E-state index is -3.68. The molecule has 0 spiro atoms. The largest absolute Gasteiger partial charge is 0.478 e. The minimum Gasteiger partial charge on any atom is -0.478 e. The highest BCUT2D eigenvalue weighted by molar-refractivity contribution is 7.91. The van der Waals surface area contributed by atoms with E-state index in [1.54, 1.807) is 18.2 Å². The van der Waals surface area contributed by atoms with E-state index in [1.807, 2.05) is 6.07 Å². The Morgan fingerprint density at radius 2 is 2.00 bits per heavy atom. The van der Waals surface area contributed by atoms with E-state index in [1.165, 1.54) is 18.2 Å². The van der Waals surface area contributed by atoms with Crippen LogP contribution in [-0.4, -0.2) is 26.0 Å². The van der Waals surface area contributed by atoms with Crippen molar-refractivity contribution in [2.75, 3.05) is 6.54 Å². The summed E-state index contributed by atoms with van der Waals surface area (Å²) in [5.41, 5.74) is 0.714. The molecule has 0 amide bonds. The summed E-state index contributed by atoms with van der Waals surface area (Å²) in [4.78, 5) is 11.4. The van der Waals surface area contributed by atoms with Crippen molar-refractivity contribution < 1.29 is 18.3 Å². The van der Waals surface area contributed by atoms with E-state index >= 15 is 0 Å². The number of nitriles is 1. The number of carbonyl (C=O) groups is 1. The first-order valence-electron chi connectivity index (χ1n) is 6.25. The second-order valence-electron chi connectivity index (χ2n) is 4.34. The van der Waals surface area contributed by atoms with Gasteiger partial charge in [0.1, 0.15) is 15.2 Å². The second-order valence-corrected chi connectivity index (χ2v) is 7.42. The molecule has 8 heteroatoms. The van der Waals surface area contributed by atoms with Crippen molar-refractivity contribution in [1.82, 2.24) is 4.72 Å². The van der Waals surface area contributed by atoms with Crippen molar-refractivity contribution in [1.29, 1.82) is 5.26 Å². The first-order chi connectivity index (χ1) is 10.4. The topological polar surface area (TPSA) is 107 Å². The lowest BCUT2D eigenvalue weighted by atomic mass is 10.1. The molecule has 0 fully saturated rings. The summed E-state index contributed by atoms with van der Waals surface area (Å²) >= 11 is 0.888. The van der Waals surface area contributed by atoms with Crippen LogP contribution < -0.4 is 4.72 Å². The normalized spacial score (nSPS) is 11.0. The van der Waals surface area contributed by atoms with Crippen LogP contribution in [0.5, 0.6) is 0 Å². The Bertz CT molecular complexity index is 835. The molecule has 0 saturated heterocycles. The standard InChI is InChI=1S/C14H12N2O4S2/c15-9-11-5-6-13(21-11)22(19,20)16-8-7-10-3-1-2-4-12(10)14(17)18/h1-6,16H,7-8H2,(H,17,18). The summed E-state index contributed by atoms with van der Waals surface area (Å²) in [5, 5.41) is 17.8. The predicted molar refractivity (Wildman–Crippen MR) is 81.3 cm³/mol. The number of thiophene rings is 1. The third-order valence-electron chi connectivity index (χ3n) is 2.89. The van der Waals surface area contributed by atoms with Crippen LogP contribution in [-0.2, 0) is 16.4 Å². The SMILES string of the molecule is N#Cc1ccc(S(=O)(=O)NCCc2ccccc2C(=O)O)s1. The van der Waals surface area contributed by atoms with Crippen molar-refractivity contribution in [2.45, 2.75) is 10.6 Å². The zero-order valence-electron chi connectivity index (χ0n) is 11.3. The number of nitrogens with zero attached hydrogens (tertiary/aromatic N) is 1. The summed E-state index contributed by atoms with van der Waals surface area (Å²) in [6, 6.07) is 11.1. The summed E-state index contributed by atoms with van der Waals surface area (Å²) in [5.74, 6) is -1.05. The zero-order valence-corrected chi connectivity index (χ0v) is 12.9. The Morgan fingerprint density at radius 3 is 2.64 bits per heavy atom. The average Bonchev–Trinajstić information content (AvgIpc) is 2.97. The van der Waals surface area contributed by atoms with Gasteiger partial charge in [-0.15, -0.1) is 11.3 Å². The molecule has 114 valence electrons. The van der Waals surface area contributed by atoms with Gasteiger partial charge >= 0.3 is 5.97 Å². The van der Waals surface area contributed by atoms with Crippen LogP contribution in [0.1, 0.15) is 20.8 Å². The van der Waals surface area contributed by atoms with Gasteiger partial charge in [0.25, 0.3) is 0 Å². The molecule has 0 aliphatic heterocycles. The van der Waals surface area contributed by atoms with Gasteiger partial charge in [0.05, 0.1) is 5.56 Å². The van der Waals surface area contributed by atoms with Crippen molar-refractivity contribution in [3.63, 3.8) is 0 Å². The van der Waals surface area contributed by atoms with Gasteiger partial charge in [-0.3, -0.25) is 0 Å². The van der Waals surface area contributed by atoms with E-state index in [9.17, 15) is 13.2 Å². The Labute approximate surface area is 131 Å². The molecule has 0 atom stereocenters. The van der Waals surface area contributed by atoms with Crippen molar-refractivity contribution >= 4 is 27.3 Å². The van der Waals surface area contributed by atoms with Crippen molar-refractivity contribution in [2.24, 2.45) is 0 Å². The fourth-order valence-electron chi connectivity index (χ4n) is 1.86. The lowest BCUT2D eigenvalue weighted by Gasteiger charge is -2.07.